The summed E-state index contributed by atoms with van der Waals surface area (Å²) < 4.78 is 22.8. The zero-order valence-electron chi connectivity index (χ0n) is 14.1. The molecule has 0 spiro atoms. The lowest BCUT2D eigenvalue weighted by Crippen LogP contribution is -2.17. The topological polar surface area (TPSA) is 20.2 Å². The van der Waals surface area contributed by atoms with Crippen molar-refractivity contribution < 1.29 is 9.22 Å². The second-order valence-corrected chi connectivity index (χ2v) is 6.42. The summed E-state index contributed by atoms with van der Waals surface area (Å²) in [5.74, 6) is 0.216. The van der Waals surface area contributed by atoms with Gasteiger partial charge >= 0.3 is 0 Å². The fourth-order valence-electron chi connectivity index (χ4n) is 1.78. The fourth-order valence-corrected chi connectivity index (χ4v) is 1.78. The molecule has 0 aliphatic heterocycles. The van der Waals surface area contributed by atoms with Gasteiger partial charge in [0, 0.05) is 4.11 Å². The summed E-state index contributed by atoms with van der Waals surface area (Å²) in [5.41, 5.74) is 1.06. The van der Waals surface area contributed by atoms with Crippen LogP contribution in [0.3, 0.4) is 0 Å². The quantitative estimate of drug-likeness (QED) is 0.695. The third kappa shape index (κ3) is 2.58. The van der Waals surface area contributed by atoms with Crippen molar-refractivity contribution in [1.82, 2.24) is 0 Å². The molecule has 0 saturated carbocycles. The van der Waals surface area contributed by atoms with Gasteiger partial charge in [-0.05, 0) is 28.8 Å². The maximum atomic E-state index is 10.5. The molecule has 1 heteroatoms. The molecule has 0 saturated heterocycles. The molecule has 90 valence electrons. The molecule has 0 bridgehead atoms. The largest absolute Gasteiger partial charge is 0.507 e. The molecule has 0 amide bonds. The van der Waals surface area contributed by atoms with E-state index in [1.807, 2.05) is 41.5 Å². The number of hydrogen-bond donors (Lipinski definition) is 1. The van der Waals surface area contributed by atoms with E-state index in [0.717, 1.165) is 0 Å². The number of phenols is 1. The van der Waals surface area contributed by atoms with Gasteiger partial charge in [-0.3, -0.25) is 0 Å². The van der Waals surface area contributed by atoms with Crippen LogP contribution >= 0.6 is 0 Å². The first kappa shape index (κ1) is 9.09. The van der Waals surface area contributed by atoms with E-state index in [1.165, 1.54) is 0 Å². The highest BCUT2D eigenvalue weighted by atomic mass is 16.3. The Kier molecular flexibility index (Phi) is 2.16. The second-order valence-electron chi connectivity index (χ2n) is 6.42. The number of phenolic OH excluding ortho intramolecular Hbond substituents is 1. The van der Waals surface area contributed by atoms with Crippen molar-refractivity contribution in [3.8, 4) is 5.75 Å². The van der Waals surface area contributed by atoms with Gasteiger partial charge in [0.15, 0.2) is 0 Å². The summed E-state index contributed by atoms with van der Waals surface area (Å²) in [7, 11) is 0. The minimum atomic E-state index is -2.16. The smallest absolute Gasteiger partial charge is 0.123 e. The Morgan fingerprint density at radius 3 is 1.56 bits per heavy atom. The van der Waals surface area contributed by atoms with Crippen LogP contribution < -0.4 is 0 Å². The normalized spacial score (nSPS) is 16.5. The van der Waals surface area contributed by atoms with Gasteiger partial charge in [0.25, 0.3) is 0 Å². The van der Waals surface area contributed by atoms with Crippen LogP contribution in [0, 0.1) is 6.85 Å². The zero-order chi connectivity index (χ0) is 15.2. The molecular weight excluding hydrogens is 196 g/mol. The monoisotopic (exact) mass is 223 g/mol. The van der Waals surface area contributed by atoms with E-state index >= 15 is 0 Å². The molecule has 0 aliphatic rings. The van der Waals surface area contributed by atoms with Gasteiger partial charge < -0.3 is 5.11 Å². The van der Waals surface area contributed by atoms with E-state index in [9.17, 15) is 5.11 Å². The van der Waals surface area contributed by atoms with Crippen LogP contribution in [0.15, 0.2) is 12.1 Å². The summed E-state index contributed by atoms with van der Waals surface area (Å²) in [6.45, 7) is 9.66. The molecule has 0 atom stereocenters. The third-order valence-corrected chi connectivity index (χ3v) is 2.73. The van der Waals surface area contributed by atoms with Crippen LogP contribution in [0.2, 0.25) is 0 Å². The summed E-state index contributed by atoms with van der Waals surface area (Å²) in [6, 6.07) is 3.22. The van der Waals surface area contributed by atoms with E-state index in [-0.39, 0.29) is 16.6 Å². The van der Waals surface area contributed by atoms with Crippen molar-refractivity contribution in [1.29, 1.82) is 0 Å². The summed E-state index contributed by atoms with van der Waals surface area (Å²) in [6.07, 6.45) is 0. The highest BCUT2D eigenvalue weighted by Gasteiger charge is 2.25. The molecule has 1 N–H and O–H groups in total. The zero-order valence-corrected chi connectivity index (χ0v) is 11.1. The van der Waals surface area contributed by atoms with Crippen molar-refractivity contribution in [2.45, 2.75) is 59.2 Å². The second kappa shape index (κ2) is 3.80. The average Bonchev–Trinajstić information content (AvgIpc) is 2.11. The van der Waals surface area contributed by atoms with E-state index in [4.69, 9.17) is 4.11 Å². The predicted molar refractivity (Wildman–Crippen MR) is 70.2 cm³/mol. The number of rotatable bonds is 0. The lowest BCUT2D eigenvalue weighted by molar-refractivity contribution is 0.423. The Morgan fingerprint density at radius 1 is 0.938 bits per heavy atom. The number of aromatic hydroxyl groups is 1. The van der Waals surface area contributed by atoms with Gasteiger partial charge in [0.2, 0.25) is 0 Å². The van der Waals surface area contributed by atoms with Gasteiger partial charge in [-0.1, -0.05) is 59.2 Å². The highest BCUT2D eigenvalue weighted by molar-refractivity contribution is 5.49. The molecular formula is C15H24O. The molecule has 0 aromatic heterocycles. The van der Waals surface area contributed by atoms with Crippen molar-refractivity contribution in [3.05, 3.63) is 28.8 Å². The Labute approximate surface area is 104 Å². The van der Waals surface area contributed by atoms with Crippen molar-refractivity contribution in [2.75, 3.05) is 0 Å². The van der Waals surface area contributed by atoms with Gasteiger partial charge in [0.05, 0.1) is 0 Å². The molecule has 1 aromatic rings. The number of benzene rings is 1. The first-order valence-electron chi connectivity index (χ1n) is 7.13. The van der Waals surface area contributed by atoms with E-state index in [1.54, 1.807) is 12.1 Å². The van der Waals surface area contributed by atoms with Crippen LogP contribution in [-0.4, -0.2) is 5.11 Å². The van der Waals surface area contributed by atoms with Crippen molar-refractivity contribution in [3.63, 3.8) is 0 Å². The molecule has 0 aliphatic carbocycles. The molecule has 0 unspecified atom stereocenters. The maximum absolute atomic E-state index is 10.5. The average molecular weight is 223 g/mol. The molecule has 1 nitrogen and oxygen atoms in total. The van der Waals surface area contributed by atoms with Crippen LogP contribution in [0.1, 0.15) is 62.3 Å². The first-order valence-corrected chi connectivity index (χ1v) is 5.63. The van der Waals surface area contributed by atoms with Crippen LogP contribution in [0.5, 0.6) is 5.75 Å². The van der Waals surface area contributed by atoms with Gasteiger partial charge in [-0.2, -0.15) is 0 Å². The standard InChI is InChI=1S/C15H24O/c1-10-8-11(14(2,3)4)13(16)12(9-10)15(5,6)7/h8-9,16H,1-7H3/i1D3. The summed E-state index contributed by atoms with van der Waals surface area (Å²) in [5, 5.41) is 10.5. The molecule has 0 fully saturated rings. The number of aryl methyl sites for hydroxylation is 1. The minimum Gasteiger partial charge on any atom is -0.507 e. The predicted octanol–water partition coefficient (Wildman–Crippen LogP) is 4.30. The van der Waals surface area contributed by atoms with Crippen LogP contribution in [-0.2, 0) is 10.8 Å². The Morgan fingerprint density at radius 2 is 1.31 bits per heavy atom. The van der Waals surface area contributed by atoms with Gasteiger partial charge in [-0.15, -0.1) is 0 Å². The Hall–Kier alpha value is -0.980. The Balaban J connectivity index is 3.68. The van der Waals surface area contributed by atoms with Crippen molar-refractivity contribution in [2.24, 2.45) is 0 Å². The van der Waals surface area contributed by atoms with E-state index in [0.29, 0.717) is 16.7 Å². The fraction of sp³-hybridized carbons (Fsp3) is 0.600. The molecule has 1 aromatic carbocycles. The lowest BCUT2D eigenvalue weighted by Gasteiger charge is -2.27. The first-order chi connectivity index (χ1) is 8.24. The van der Waals surface area contributed by atoms with Gasteiger partial charge in [0.1, 0.15) is 5.75 Å². The lowest BCUT2D eigenvalue weighted by atomic mass is 9.78. The molecule has 0 radical (unpaired) electrons. The van der Waals surface area contributed by atoms with Crippen molar-refractivity contribution >= 4 is 0 Å². The number of hydrogen-bond acceptors (Lipinski definition) is 1. The Bertz CT molecular complexity index is 439. The molecule has 1 rings (SSSR count). The van der Waals surface area contributed by atoms with Crippen LogP contribution in [0.4, 0.5) is 0 Å². The van der Waals surface area contributed by atoms with E-state index < -0.39 is 6.85 Å². The van der Waals surface area contributed by atoms with Gasteiger partial charge in [-0.25, -0.2) is 0 Å². The molecule has 16 heavy (non-hydrogen) atoms. The SMILES string of the molecule is [2H]C([2H])([2H])c1cc(C(C)(C)C)c(O)c(C(C)(C)C)c1. The highest BCUT2D eigenvalue weighted by Crippen LogP contribution is 2.39. The summed E-state index contributed by atoms with van der Waals surface area (Å²) >= 11 is 0. The summed E-state index contributed by atoms with van der Waals surface area (Å²) in [4.78, 5) is 0. The maximum Gasteiger partial charge on any atom is 0.123 e. The minimum absolute atomic E-state index is 0.216. The van der Waals surface area contributed by atoms with E-state index in [2.05, 4.69) is 0 Å². The molecule has 0 heterocycles. The third-order valence-electron chi connectivity index (χ3n) is 2.73. The van der Waals surface area contributed by atoms with Crippen LogP contribution in [0.25, 0.3) is 0 Å².